The lowest BCUT2D eigenvalue weighted by molar-refractivity contribution is -0.117. The molecule has 0 aromatic heterocycles. The van der Waals surface area contributed by atoms with E-state index in [4.69, 9.17) is 5.26 Å². The average Bonchev–Trinajstić information content (AvgIpc) is 2.27. The highest BCUT2D eigenvalue weighted by Crippen LogP contribution is 2.04. The summed E-state index contributed by atoms with van der Waals surface area (Å²) < 4.78 is 0. The molecule has 0 radical (unpaired) electrons. The number of hydrogen-bond acceptors (Lipinski definition) is 3. The second-order valence-electron chi connectivity index (χ2n) is 3.56. The summed E-state index contributed by atoms with van der Waals surface area (Å²) in [5, 5.41) is 11.2. The second kappa shape index (κ2) is 6.59. The Morgan fingerprint density at radius 2 is 2.12 bits per heavy atom. The second-order valence-corrected chi connectivity index (χ2v) is 3.56. The van der Waals surface area contributed by atoms with Crippen molar-refractivity contribution in [3.05, 3.63) is 30.3 Å². The van der Waals surface area contributed by atoms with E-state index in [2.05, 4.69) is 5.32 Å². The molecular weight excluding hydrogens is 202 g/mol. The van der Waals surface area contributed by atoms with Gasteiger partial charge in [-0.1, -0.05) is 18.2 Å². The summed E-state index contributed by atoms with van der Waals surface area (Å²) >= 11 is 0. The van der Waals surface area contributed by atoms with Gasteiger partial charge in [0.05, 0.1) is 12.6 Å². The van der Waals surface area contributed by atoms with E-state index >= 15 is 0 Å². The molecule has 84 valence electrons. The topological polar surface area (TPSA) is 56.1 Å². The predicted molar refractivity (Wildman–Crippen MR) is 62.8 cm³/mol. The number of nitrogens with zero attached hydrogens (tertiary/aromatic N) is 2. The molecule has 1 rings (SSSR count). The van der Waals surface area contributed by atoms with Gasteiger partial charge in [0.15, 0.2) is 0 Å². The number of hydrogen-bond donors (Lipinski definition) is 1. The van der Waals surface area contributed by atoms with E-state index in [-0.39, 0.29) is 5.91 Å². The molecule has 0 heterocycles. The Morgan fingerprint density at radius 3 is 2.75 bits per heavy atom. The molecule has 4 nitrogen and oxygen atoms in total. The zero-order valence-corrected chi connectivity index (χ0v) is 9.31. The summed E-state index contributed by atoms with van der Waals surface area (Å²) in [6.07, 6.45) is 0.440. The van der Waals surface area contributed by atoms with Crippen LogP contribution in [-0.4, -0.2) is 30.9 Å². The third kappa shape index (κ3) is 4.58. The highest BCUT2D eigenvalue weighted by Gasteiger charge is 2.05. The van der Waals surface area contributed by atoms with Crippen LogP contribution in [-0.2, 0) is 4.79 Å². The minimum atomic E-state index is -0.0633. The fraction of sp³-hybridized carbons (Fsp3) is 0.333. The Hall–Kier alpha value is -1.86. The molecule has 0 aliphatic rings. The van der Waals surface area contributed by atoms with Crippen LogP contribution < -0.4 is 5.32 Å². The van der Waals surface area contributed by atoms with E-state index in [0.717, 1.165) is 5.69 Å². The summed E-state index contributed by atoms with van der Waals surface area (Å²) in [4.78, 5) is 13.4. The SMILES string of the molecule is CN(CCC#N)CC(=O)Nc1ccccc1. The first-order valence-electron chi connectivity index (χ1n) is 5.13. The molecule has 1 amide bonds. The Labute approximate surface area is 95.5 Å². The van der Waals surface area contributed by atoms with Crippen molar-refractivity contribution >= 4 is 11.6 Å². The number of rotatable bonds is 5. The van der Waals surface area contributed by atoms with Gasteiger partial charge >= 0.3 is 0 Å². The van der Waals surface area contributed by atoms with Crippen LogP contribution in [0.4, 0.5) is 5.69 Å². The highest BCUT2D eigenvalue weighted by molar-refractivity contribution is 5.92. The molecule has 16 heavy (non-hydrogen) atoms. The number of carbonyl (C=O) groups excluding carboxylic acids is 1. The van der Waals surface area contributed by atoms with E-state index < -0.39 is 0 Å². The van der Waals surface area contributed by atoms with Crippen LogP contribution in [0.3, 0.4) is 0 Å². The number of para-hydroxylation sites is 1. The molecule has 0 saturated carbocycles. The zero-order valence-electron chi connectivity index (χ0n) is 9.31. The minimum Gasteiger partial charge on any atom is -0.325 e. The Balaban J connectivity index is 2.34. The molecule has 1 aromatic carbocycles. The van der Waals surface area contributed by atoms with Crippen molar-refractivity contribution in [1.29, 1.82) is 5.26 Å². The normalized spacial score (nSPS) is 9.81. The Kier molecular flexibility index (Phi) is 5.03. The summed E-state index contributed by atoms with van der Waals surface area (Å²) in [7, 11) is 1.82. The van der Waals surface area contributed by atoms with Crippen molar-refractivity contribution < 1.29 is 4.79 Å². The van der Waals surface area contributed by atoms with Crippen molar-refractivity contribution in [1.82, 2.24) is 4.90 Å². The molecule has 0 saturated heterocycles. The van der Waals surface area contributed by atoms with Gasteiger partial charge in [-0.2, -0.15) is 5.26 Å². The third-order valence-corrected chi connectivity index (χ3v) is 2.08. The summed E-state index contributed by atoms with van der Waals surface area (Å²) in [6.45, 7) is 0.912. The van der Waals surface area contributed by atoms with Crippen LogP contribution in [0.1, 0.15) is 6.42 Å². The first-order chi connectivity index (χ1) is 7.72. The molecule has 0 unspecified atom stereocenters. The number of carbonyl (C=O) groups is 1. The van der Waals surface area contributed by atoms with Gasteiger partial charge in [0.1, 0.15) is 0 Å². The molecule has 0 atom stereocenters. The van der Waals surface area contributed by atoms with E-state index in [1.165, 1.54) is 0 Å². The lowest BCUT2D eigenvalue weighted by atomic mass is 10.3. The van der Waals surface area contributed by atoms with E-state index in [0.29, 0.717) is 19.5 Å². The molecule has 0 spiro atoms. The number of amides is 1. The molecule has 0 fully saturated rings. The number of benzene rings is 1. The van der Waals surface area contributed by atoms with Crippen LogP contribution in [0.25, 0.3) is 0 Å². The molecule has 0 aliphatic carbocycles. The molecule has 1 N–H and O–H groups in total. The lowest BCUT2D eigenvalue weighted by Gasteiger charge is -2.14. The summed E-state index contributed by atoms with van der Waals surface area (Å²) in [6, 6.07) is 11.4. The van der Waals surface area contributed by atoms with Gasteiger partial charge in [-0.3, -0.25) is 9.69 Å². The number of anilines is 1. The first-order valence-corrected chi connectivity index (χ1v) is 5.13. The van der Waals surface area contributed by atoms with Crippen molar-refractivity contribution in [2.75, 3.05) is 25.5 Å². The quantitative estimate of drug-likeness (QED) is 0.812. The van der Waals surface area contributed by atoms with Crippen LogP contribution >= 0.6 is 0 Å². The van der Waals surface area contributed by atoms with Gasteiger partial charge in [-0.15, -0.1) is 0 Å². The third-order valence-electron chi connectivity index (χ3n) is 2.08. The van der Waals surface area contributed by atoms with Gasteiger partial charge in [0, 0.05) is 18.7 Å². The summed E-state index contributed by atoms with van der Waals surface area (Å²) in [5.41, 5.74) is 0.793. The Morgan fingerprint density at radius 1 is 1.44 bits per heavy atom. The smallest absolute Gasteiger partial charge is 0.238 e. The van der Waals surface area contributed by atoms with Crippen molar-refractivity contribution in [3.63, 3.8) is 0 Å². The van der Waals surface area contributed by atoms with Crippen LogP contribution in [0.2, 0.25) is 0 Å². The Bertz CT molecular complexity index is 370. The van der Waals surface area contributed by atoms with Crippen LogP contribution in [0.5, 0.6) is 0 Å². The summed E-state index contributed by atoms with van der Waals surface area (Å²) in [5.74, 6) is -0.0633. The van der Waals surface area contributed by atoms with E-state index in [9.17, 15) is 4.79 Å². The van der Waals surface area contributed by atoms with Gasteiger partial charge in [-0.25, -0.2) is 0 Å². The fourth-order valence-corrected chi connectivity index (χ4v) is 1.29. The molecule has 0 aliphatic heterocycles. The standard InChI is InChI=1S/C12H15N3O/c1-15(9-5-8-13)10-12(16)14-11-6-3-2-4-7-11/h2-4,6-7H,5,9-10H2,1H3,(H,14,16). The molecular formula is C12H15N3O. The number of nitriles is 1. The molecule has 0 bridgehead atoms. The van der Waals surface area contributed by atoms with E-state index in [1.54, 1.807) is 0 Å². The first kappa shape index (κ1) is 12.2. The van der Waals surface area contributed by atoms with Gasteiger partial charge in [0.25, 0.3) is 0 Å². The van der Waals surface area contributed by atoms with Crippen LogP contribution in [0, 0.1) is 11.3 Å². The van der Waals surface area contributed by atoms with Gasteiger partial charge < -0.3 is 5.32 Å². The fourth-order valence-electron chi connectivity index (χ4n) is 1.29. The monoisotopic (exact) mass is 217 g/mol. The van der Waals surface area contributed by atoms with Crippen LogP contribution in [0.15, 0.2) is 30.3 Å². The maximum absolute atomic E-state index is 11.6. The molecule has 1 aromatic rings. The highest BCUT2D eigenvalue weighted by atomic mass is 16.2. The maximum atomic E-state index is 11.6. The molecule has 4 heteroatoms. The largest absolute Gasteiger partial charge is 0.325 e. The van der Waals surface area contributed by atoms with Gasteiger partial charge in [-0.05, 0) is 19.2 Å². The zero-order chi connectivity index (χ0) is 11.8. The van der Waals surface area contributed by atoms with Gasteiger partial charge in [0.2, 0.25) is 5.91 Å². The number of likely N-dealkylation sites (N-methyl/N-ethyl adjacent to an activating group) is 1. The lowest BCUT2D eigenvalue weighted by Crippen LogP contribution is -2.30. The van der Waals surface area contributed by atoms with Crippen molar-refractivity contribution in [2.45, 2.75) is 6.42 Å². The average molecular weight is 217 g/mol. The number of nitrogens with one attached hydrogen (secondary N) is 1. The predicted octanol–water partition coefficient (Wildman–Crippen LogP) is 1.47. The van der Waals surface area contributed by atoms with E-state index in [1.807, 2.05) is 48.3 Å². The van der Waals surface area contributed by atoms with Crippen molar-refractivity contribution in [2.24, 2.45) is 0 Å². The van der Waals surface area contributed by atoms with Crippen molar-refractivity contribution in [3.8, 4) is 6.07 Å². The minimum absolute atomic E-state index is 0.0633. The maximum Gasteiger partial charge on any atom is 0.238 e.